The van der Waals surface area contributed by atoms with Gasteiger partial charge in [0.05, 0.1) is 18.8 Å². The van der Waals surface area contributed by atoms with Gasteiger partial charge in [0.2, 0.25) is 0 Å². The van der Waals surface area contributed by atoms with E-state index in [2.05, 4.69) is 15.4 Å². The highest BCUT2D eigenvalue weighted by atomic mass is 16.5. The molecule has 0 fully saturated rings. The van der Waals surface area contributed by atoms with Crippen molar-refractivity contribution in [3.8, 4) is 11.4 Å². The molecule has 0 saturated heterocycles. The Kier molecular flexibility index (Phi) is 4.56. The van der Waals surface area contributed by atoms with Gasteiger partial charge in [0.25, 0.3) is 5.91 Å². The van der Waals surface area contributed by atoms with Crippen molar-refractivity contribution in [1.29, 1.82) is 0 Å². The van der Waals surface area contributed by atoms with Gasteiger partial charge in [-0.25, -0.2) is 9.67 Å². The predicted molar refractivity (Wildman–Crippen MR) is 90.2 cm³/mol. The van der Waals surface area contributed by atoms with E-state index in [1.807, 2.05) is 37.3 Å². The van der Waals surface area contributed by atoms with Gasteiger partial charge in [-0.2, -0.15) is 5.10 Å². The molecular formula is C18H18N4O2. The molecule has 1 atom stereocenters. The summed E-state index contributed by atoms with van der Waals surface area (Å²) in [6.45, 7) is 1.95. The monoisotopic (exact) mass is 322 g/mol. The van der Waals surface area contributed by atoms with Gasteiger partial charge in [-0.3, -0.25) is 4.79 Å². The molecule has 0 spiro atoms. The summed E-state index contributed by atoms with van der Waals surface area (Å²) in [6.07, 6.45) is 3.13. The second kappa shape index (κ2) is 6.95. The summed E-state index contributed by atoms with van der Waals surface area (Å²) >= 11 is 0. The SMILES string of the molecule is COc1cccc(C(=O)NC(C)c2ccc(-n3cncn3)cc2)c1. The number of carbonyl (C=O) groups excluding carboxylic acids is 1. The van der Waals surface area contributed by atoms with Crippen LogP contribution in [0.5, 0.6) is 5.75 Å². The number of methoxy groups -OCH3 is 1. The van der Waals surface area contributed by atoms with Crippen molar-refractivity contribution >= 4 is 5.91 Å². The Morgan fingerprint density at radius 1 is 1.21 bits per heavy atom. The fraction of sp³-hybridized carbons (Fsp3) is 0.167. The first kappa shape index (κ1) is 15.7. The molecule has 122 valence electrons. The molecule has 2 aromatic carbocycles. The highest BCUT2D eigenvalue weighted by Gasteiger charge is 2.12. The van der Waals surface area contributed by atoms with E-state index in [-0.39, 0.29) is 11.9 Å². The second-order valence-corrected chi connectivity index (χ2v) is 5.36. The van der Waals surface area contributed by atoms with Gasteiger partial charge in [-0.05, 0) is 42.8 Å². The molecule has 0 radical (unpaired) electrons. The zero-order valence-electron chi connectivity index (χ0n) is 13.5. The molecule has 0 saturated carbocycles. The van der Waals surface area contributed by atoms with Gasteiger partial charge in [0, 0.05) is 5.56 Å². The lowest BCUT2D eigenvalue weighted by Gasteiger charge is -2.15. The minimum absolute atomic E-state index is 0.117. The standard InChI is InChI=1S/C18H18N4O2/c1-13(21-18(23)15-4-3-5-17(10-15)24-2)14-6-8-16(9-7-14)22-12-19-11-20-22/h3-13H,1-2H3,(H,21,23). The fourth-order valence-electron chi connectivity index (χ4n) is 2.38. The van der Waals surface area contributed by atoms with Gasteiger partial charge in [-0.15, -0.1) is 0 Å². The quantitative estimate of drug-likeness (QED) is 0.784. The molecular weight excluding hydrogens is 304 g/mol. The average Bonchev–Trinajstić information content (AvgIpc) is 3.16. The molecule has 1 heterocycles. The largest absolute Gasteiger partial charge is 0.497 e. The Morgan fingerprint density at radius 3 is 2.67 bits per heavy atom. The molecule has 3 rings (SSSR count). The maximum Gasteiger partial charge on any atom is 0.251 e. The Morgan fingerprint density at radius 2 is 2.00 bits per heavy atom. The van der Waals surface area contributed by atoms with Crippen molar-refractivity contribution in [2.75, 3.05) is 7.11 Å². The van der Waals surface area contributed by atoms with Crippen LogP contribution in [0.2, 0.25) is 0 Å². The summed E-state index contributed by atoms with van der Waals surface area (Å²) in [5, 5.41) is 7.08. The molecule has 1 unspecified atom stereocenters. The second-order valence-electron chi connectivity index (χ2n) is 5.36. The highest BCUT2D eigenvalue weighted by molar-refractivity contribution is 5.94. The number of ether oxygens (including phenoxy) is 1. The van der Waals surface area contributed by atoms with Crippen LogP contribution in [0.3, 0.4) is 0 Å². The Bertz CT molecular complexity index is 813. The maximum atomic E-state index is 12.4. The van der Waals surface area contributed by atoms with E-state index in [1.54, 1.807) is 36.3 Å². The number of nitrogens with one attached hydrogen (secondary N) is 1. The lowest BCUT2D eigenvalue weighted by molar-refractivity contribution is 0.0939. The number of nitrogens with zero attached hydrogens (tertiary/aromatic N) is 3. The summed E-state index contributed by atoms with van der Waals surface area (Å²) in [7, 11) is 1.58. The first-order valence-corrected chi connectivity index (χ1v) is 7.57. The highest BCUT2D eigenvalue weighted by Crippen LogP contribution is 2.17. The number of hydrogen-bond donors (Lipinski definition) is 1. The maximum absolute atomic E-state index is 12.4. The van der Waals surface area contributed by atoms with Crippen LogP contribution in [0, 0.1) is 0 Å². The molecule has 1 amide bonds. The minimum atomic E-state index is -0.137. The summed E-state index contributed by atoms with van der Waals surface area (Å²) < 4.78 is 6.83. The number of aromatic nitrogens is 3. The Balaban J connectivity index is 1.70. The van der Waals surface area contributed by atoms with Crippen molar-refractivity contribution in [3.05, 3.63) is 72.3 Å². The van der Waals surface area contributed by atoms with Gasteiger partial charge < -0.3 is 10.1 Å². The average molecular weight is 322 g/mol. The van der Waals surface area contributed by atoms with E-state index in [9.17, 15) is 4.79 Å². The smallest absolute Gasteiger partial charge is 0.251 e. The topological polar surface area (TPSA) is 69.0 Å². The van der Waals surface area contributed by atoms with E-state index in [1.165, 1.54) is 6.33 Å². The van der Waals surface area contributed by atoms with E-state index >= 15 is 0 Å². The Labute approximate surface area is 140 Å². The zero-order valence-corrected chi connectivity index (χ0v) is 13.5. The summed E-state index contributed by atoms with van der Waals surface area (Å²) in [4.78, 5) is 16.3. The molecule has 0 aliphatic rings. The van der Waals surface area contributed by atoms with Crippen molar-refractivity contribution in [3.63, 3.8) is 0 Å². The van der Waals surface area contributed by atoms with Crippen LogP contribution < -0.4 is 10.1 Å². The van der Waals surface area contributed by atoms with Gasteiger partial charge in [-0.1, -0.05) is 18.2 Å². The van der Waals surface area contributed by atoms with Crippen LogP contribution in [0.15, 0.2) is 61.2 Å². The van der Waals surface area contributed by atoms with Crippen molar-refractivity contribution in [2.45, 2.75) is 13.0 Å². The predicted octanol–water partition coefficient (Wildman–Crippen LogP) is 2.77. The van der Waals surface area contributed by atoms with Crippen molar-refractivity contribution in [1.82, 2.24) is 20.1 Å². The van der Waals surface area contributed by atoms with Gasteiger partial charge in [0.15, 0.2) is 0 Å². The lowest BCUT2D eigenvalue weighted by atomic mass is 10.1. The molecule has 0 aliphatic heterocycles. The molecule has 3 aromatic rings. The lowest BCUT2D eigenvalue weighted by Crippen LogP contribution is -2.26. The van der Waals surface area contributed by atoms with Crippen molar-refractivity contribution < 1.29 is 9.53 Å². The molecule has 6 heteroatoms. The van der Waals surface area contributed by atoms with Crippen molar-refractivity contribution in [2.24, 2.45) is 0 Å². The molecule has 1 N–H and O–H groups in total. The molecule has 1 aromatic heterocycles. The van der Waals surface area contributed by atoms with Crippen LogP contribution >= 0.6 is 0 Å². The van der Waals surface area contributed by atoms with Crippen LogP contribution in [-0.4, -0.2) is 27.8 Å². The normalized spacial score (nSPS) is 11.8. The van der Waals surface area contributed by atoms with E-state index in [0.29, 0.717) is 11.3 Å². The summed E-state index contributed by atoms with van der Waals surface area (Å²) in [5.74, 6) is 0.522. The molecule has 0 bridgehead atoms. The number of benzene rings is 2. The first-order valence-electron chi connectivity index (χ1n) is 7.57. The zero-order chi connectivity index (χ0) is 16.9. The van der Waals surface area contributed by atoms with E-state index in [0.717, 1.165) is 11.3 Å². The third-order valence-corrected chi connectivity index (χ3v) is 3.76. The van der Waals surface area contributed by atoms with E-state index in [4.69, 9.17) is 4.74 Å². The van der Waals surface area contributed by atoms with Crippen LogP contribution in [-0.2, 0) is 0 Å². The molecule has 24 heavy (non-hydrogen) atoms. The van der Waals surface area contributed by atoms with Crippen LogP contribution in [0.25, 0.3) is 5.69 Å². The number of hydrogen-bond acceptors (Lipinski definition) is 4. The van der Waals surface area contributed by atoms with Crippen LogP contribution in [0.1, 0.15) is 28.9 Å². The fourth-order valence-corrected chi connectivity index (χ4v) is 2.38. The summed E-state index contributed by atoms with van der Waals surface area (Å²) in [6, 6.07) is 14.8. The molecule has 6 nitrogen and oxygen atoms in total. The summed E-state index contributed by atoms with van der Waals surface area (Å²) in [5.41, 5.74) is 2.50. The van der Waals surface area contributed by atoms with Gasteiger partial charge >= 0.3 is 0 Å². The minimum Gasteiger partial charge on any atom is -0.497 e. The Hall–Kier alpha value is -3.15. The van der Waals surface area contributed by atoms with Crippen LogP contribution in [0.4, 0.5) is 0 Å². The number of amides is 1. The third kappa shape index (κ3) is 3.43. The molecule has 0 aliphatic carbocycles. The number of carbonyl (C=O) groups is 1. The third-order valence-electron chi connectivity index (χ3n) is 3.76. The van der Waals surface area contributed by atoms with Gasteiger partial charge in [0.1, 0.15) is 18.4 Å². The first-order chi connectivity index (χ1) is 11.7. The van der Waals surface area contributed by atoms with E-state index < -0.39 is 0 Å². The number of rotatable bonds is 5.